The van der Waals surface area contributed by atoms with Gasteiger partial charge in [-0.15, -0.1) is 11.3 Å². The van der Waals surface area contributed by atoms with Crippen LogP contribution in [0.25, 0.3) is 135 Å². The third-order valence-electron chi connectivity index (χ3n) is 13.4. The van der Waals surface area contributed by atoms with Crippen molar-refractivity contribution >= 4 is 102 Å². The lowest BCUT2D eigenvalue weighted by Gasteiger charge is -2.14. The van der Waals surface area contributed by atoms with E-state index in [2.05, 4.69) is 211 Å². The standard InChI is InChI=1S/C60H35N3S/c1-5-13-47-37(9-1)27-32-56-57(47)52-34-55(63-54-31-26-38-10-2-6-14-48(38)58(54)62-60(63)59(52)64-56)41-23-21-40(22-24-41)46-30-29-45(49-15-7-8-16-50(46)49)39-19-17-36(18-20-39)42-25-28-51-44-12-4-3-11-43(44)35-61-53(51)33-42/h1-35H. The molecule has 0 saturated heterocycles. The first kappa shape index (κ1) is 35.4. The summed E-state index contributed by atoms with van der Waals surface area (Å²) in [5, 5.41) is 13.5. The van der Waals surface area contributed by atoms with Gasteiger partial charge in [0.2, 0.25) is 0 Å². The van der Waals surface area contributed by atoms with E-state index in [1.807, 2.05) is 17.5 Å². The Morgan fingerprint density at radius 1 is 0.391 bits per heavy atom. The van der Waals surface area contributed by atoms with E-state index in [4.69, 9.17) is 9.97 Å². The third kappa shape index (κ3) is 5.27. The molecule has 14 aromatic rings. The SMILES string of the molecule is c1ccc2c(c1)cnc1cc(-c3ccc(-c4ccc(-c5ccc(-c6cc7c(sc8ccc9ccccc9c87)c7nc8c9ccccc9ccc8n67)cc5)c5ccccc45)cc3)ccc12. The molecule has 0 saturated carbocycles. The lowest BCUT2D eigenvalue weighted by molar-refractivity contribution is 1.25. The number of rotatable bonds is 4. The van der Waals surface area contributed by atoms with Crippen LogP contribution in [0.1, 0.15) is 0 Å². The highest BCUT2D eigenvalue weighted by Crippen LogP contribution is 2.45. The van der Waals surface area contributed by atoms with Gasteiger partial charge in [0.15, 0.2) is 5.65 Å². The average Bonchev–Trinajstić information content (AvgIpc) is 3.96. The Labute approximate surface area is 371 Å². The smallest absolute Gasteiger partial charge is 0.156 e. The van der Waals surface area contributed by atoms with Crippen molar-refractivity contribution in [2.45, 2.75) is 0 Å². The molecule has 3 nitrogen and oxygen atoms in total. The topological polar surface area (TPSA) is 30.2 Å². The van der Waals surface area contributed by atoms with Crippen molar-refractivity contribution in [3.63, 3.8) is 0 Å². The van der Waals surface area contributed by atoms with Gasteiger partial charge in [-0.25, -0.2) is 4.98 Å². The van der Waals surface area contributed by atoms with Crippen molar-refractivity contribution in [3.8, 4) is 44.6 Å². The zero-order valence-corrected chi connectivity index (χ0v) is 35.3. The van der Waals surface area contributed by atoms with E-state index in [9.17, 15) is 0 Å². The maximum Gasteiger partial charge on any atom is 0.156 e. The molecule has 296 valence electrons. The van der Waals surface area contributed by atoms with Gasteiger partial charge in [0.25, 0.3) is 0 Å². The minimum atomic E-state index is 1.01. The van der Waals surface area contributed by atoms with Gasteiger partial charge < -0.3 is 0 Å². The third-order valence-corrected chi connectivity index (χ3v) is 14.6. The van der Waals surface area contributed by atoms with Gasteiger partial charge in [-0.2, -0.15) is 0 Å². The molecule has 0 bridgehead atoms. The summed E-state index contributed by atoms with van der Waals surface area (Å²) < 4.78 is 4.89. The number of fused-ring (bicyclic) bond motifs is 15. The first-order valence-electron chi connectivity index (χ1n) is 21.8. The van der Waals surface area contributed by atoms with Crippen LogP contribution in [0.4, 0.5) is 0 Å². The number of pyridine rings is 2. The van der Waals surface area contributed by atoms with Crippen LogP contribution in [0.15, 0.2) is 212 Å². The maximum atomic E-state index is 5.48. The highest BCUT2D eigenvalue weighted by Gasteiger charge is 2.20. The number of benzene rings is 10. The van der Waals surface area contributed by atoms with E-state index < -0.39 is 0 Å². The largest absolute Gasteiger partial charge is 0.291 e. The van der Waals surface area contributed by atoms with Crippen molar-refractivity contribution in [2.24, 2.45) is 0 Å². The molecule has 10 aromatic carbocycles. The predicted octanol–water partition coefficient (Wildman–Crippen LogP) is 16.7. The Hall–Kier alpha value is -8.18. The Morgan fingerprint density at radius 2 is 0.969 bits per heavy atom. The zero-order chi connectivity index (χ0) is 41.9. The molecular formula is C60H35N3S. The summed E-state index contributed by atoms with van der Waals surface area (Å²) in [6.45, 7) is 0. The Morgan fingerprint density at radius 3 is 1.70 bits per heavy atom. The molecule has 0 aliphatic carbocycles. The van der Waals surface area contributed by atoms with Crippen LogP contribution in [-0.2, 0) is 0 Å². The molecule has 0 fully saturated rings. The lowest BCUT2D eigenvalue weighted by Crippen LogP contribution is -1.93. The maximum absolute atomic E-state index is 5.48. The fraction of sp³-hybridized carbons (Fsp3) is 0. The Kier molecular flexibility index (Phi) is 7.56. The summed E-state index contributed by atoms with van der Waals surface area (Å²) in [6, 6.07) is 75.4. The van der Waals surface area contributed by atoms with Gasteiger partial charge in [-0.3, -0.25) is 9.38 Å². The van der Waals surface area contributed by atoms with Crippen LogP contribution >= 0.6 is 11.3 Å². The molecule has 0 amide bonds. The van der Waals surface area contributed by atoms with Crippen LogP contribution in [0.5, 0.6) is 0 Å². The van der Waals surface area contributed by atoms with Gasteiger partial charge in [0.05, 0.1) is 26.9 Å². The number of hydrogen-bond acceptors (Lipinski definition) is 3. The van der Waals surface area contributed by atoms with E-state index in [-0.39, 0.29) is 0 Å². The molecule has 0 aliphatic rings. The van der Waals surface area contributed by atoms with Crippen molar-refractivity contribution in [3.05, 3.63) is 212 Å². The van der Waals surface area contributed by atoms with Crippen LogP contribution in [0.3, 0.4) is 0 Å². The van der Waals surface area contributed by atoms with E-state index in [0.29, 0.717) is 0 Å². The molecule has 4 heterocycles. The first-order valence-corrected chi connectivity index (χ1v) is 22.6. The van der Waals surface area contributed by atoms with Gasteiger partial charge in [-0.1, -0.05) is 182 Å². The molecular weight excluding hydrogens is 795 g/mol. The average molecular weight is 830 g/mol. The fourth-order valence-electron chi connectivity index (χ4n) is 10.3. The molecule has 0 radical (unpaired) electrons. The van der Waals surface area contributed by atoms with E-state index in [0.717, 1.165) is 44.4 Å². The van der Waals surface area contributed by atoms with Gasteiger partial charge in [0.1, 0.15) is 0 Å². The summed E-state index contributed by atoms with van der Waals surface area (Å²) in [5.41, 5.74) is 13.6. The first-order chi connectivity index (χ1) is 31.7. The van der Waals surface area contributed by atoms with E-state index in [1.165, 1.54) is 91.1 Å². The normalized spacial score (nSPS) is 12.1. The molecule has 0 spiro atoms. The zero-order valence-electron chi connectivity index (χ0n) is 34.5. The van der Waals surface area contributed by atoms with E-state index in [1.54, 1.807) is 0 Å². The second kappa shape index (κ2) is 13.7. The van der Waals surface area contributed by atoms with Crippen molar-refractivity contribution in [1.82, 2.24) is 14.4 Å². The fourth-order valence-corrected chi connectivity index (χ4v) is 11.5. The van der Waals surface area contributed by atoms with Gasteiger partial charge in [0, 0.05) is 37.8 Å². The summed E-state index contributed by atoms with van der Waals surface area (Å²) in [6.07, 6.45) is 1.98. The molecule has 14 rings (SSSR count). The van der Waals surface area contributed by atoms with Crippen molar-refractivity contribution in [2.75, 3.05) is 0 Å². The molecule has 0 unspecified atom stereocenters. The molecule has 64 heavy (non-hydrogen) atoms. The van der Waals surface area contributed by atoms with Crippen molar-refractivity contribution in [1.29, 1.82) is 0 Å². The van der Waals surface area contributed by atoms with E-state index >= 15 is 0 Å². The summed E-state index contributed by atoms with van der Waals surface area (Å²) in [4.78, 5) is 10.3. The quantitative estimate of drug-likeness (QED) is 0.165. The summed E-state index contributed by atoms with van der Waals surface area (Å²) >= 11 is 1.85. The number of aromatic nitrogens is 3. The van der Waals surface area contributed by atoms with Crippen LogP contribution in [0.2, 0.25) is 0 Å². The summed E-state index contributed by atoms with van der Waals surface area (Å²) in [5.74, 6) is 0. The number of thiophene rings is 1. The van der Waals surface area contributed by atoms with Gasteiger partial charge >= 0.3 is 0 Å². The highest BCUT2D eigenvalue weighted by molar-refractivity contribution is 7.26. The molecule has 0 atom stereocenters. The molecule has 4 heteroatoms. The van der Waals surface area contributed by atoms with Crippen molar-refractivity contribution < 1.29 is 0 Å². The molecule has 0 N–H and O–H groups in total. The van der Waals surface area contributed by atoms with Crippen LogP contribution in [-0.4, -0.2) is 14.4 Å². The second-order valence-electron chi connectivity index (χ2n) is 16.9. The monoisotopic (exact) mass is 829 g/mol. The Balaban J connectivity index is 0.874. The minimum Gasteiger partial charge on any atom is -0.291 e. The molecule has 4 aromatic heterocycles. The summed E-state index contributed by atoms with van der Waals surface area (Å²) in [7, 11) is 0. The number of hydrogen-bond donors (Lipinski definition) is 0. The van der Waals surface area contributed by atoms with Crippen LogP contribution in [0, 0.1) is 0 Å². The number of nitrogens with zero attached hydrogens (tertiary/aromatic N) is 3. The predicted molar refractivity (Wildman–Crippen MR) is 273 cm³/mol. The number of imidazole rings is 1. The lowest BCUT2D eigenvalue weighted by atomic mass is 9.91. The second-order valence-corrected chi connectivity index (χ2v) is 18.0. The van der Waals surface area contributed by atoms with Crippen LogP contribution < -0.4 is 0 Å². The minimum absolute atomic E-state index is 1.01. The molecule has 0 aliphatic heterocycles. The Bertz CT molecular complexity index is 4230. The highest BCUT2D eigenvalue weighted by atomic mass is 32.1. The van der Waals surface area contributed by atoms with Gasteiger partial charge in [-0.05, 0) is 95.5 Å².